The minimum Gasteiger partial charge on any atom is -0.325 e. The molecule has 4 heteroatoms. The molecule has 4 rings (SSSR count). The molecule has 1 N–H and O–H groups in total. The van der Waals surface area contributed by atoms with Gasteiger partial charge < -0.3 is 5.32 Å². The van der Waals surface area contributed by atoms with Gasteiger partial charge in [-0.25, -0.2) is 0 Å². The Labute approximate surface area is 144 Å². The number of rotatable bonds is 1. The first-order valence-electron chi connectivity index (χ1n) is 7.40. The molecule has 1 aliphatic heterocycles. The summed E-state index contributed by atoms with van der Waals surface area (Å²) in [5, 5.41) is 6.37. The second-order valence-electron chi connectivity index (χ2n) is 5.72. The lowest BCUT2D eigenvalue weighted by atomic mass is 9.83. The summed E-state index contributed by atoms with van der Waals surface area (Å²) < 4.78 is 0. The van der Waals surface area contributed by atoms with Gasteiger partial charge in [0.2, 0.25) is 5.91 Å². The van der Waals surface area contributed by atoms with Crippen LogP contribution in [0.5, 0.6) is 0 Å². The maximum absolute atomic E-state index is 12.3. The van der Waals surface area contributed by atoms with Crippen LogP contribution in [0.3, 0.4) is 0 Å². The van der Waals surface area contributed by atoms with Crippen LogP contribution < -0.4 is 5.32 Å². The van der Waals surface area contributed by atoms with Gasteiger partial charge in [0.05, 0.1) is 5.69 Å². The van der Waals surface area contributed by atoms with E-state index in [-0.39, 0.29) is 11.8 Å². The summed E-state index contributed by atoms with van der Waals surface area (Å²) in [5.41, 5.74) is 2.91. The summed E-state index contributed by atoms with van der Waals surface area (Å²) in [4.78, 5) is 12.3. The van der Waals surface area contributed by atoms with Crippen molar-refractivity contribution >= 4 is 45.6 Å². The van der Waals surface area contributed by atoms with Crippen LogP contribution >= 0.6 is 23.2 Å². The molecule has 0 aromatic heterocycles. The van der Waals surface area contributed by atoms with E-state index in [1.165, 1.54) is 0 Å². The number of carbonyl (C=O) groups excluding carboxylic acids is 1. The molecule has 3 aromatic rings. The second kappa shape index (κ2) is 5.55. The number of amides is 1. The van der Waals surface area contributed by atoms with Crippen LogP contribution in [0, 0.1) is 0 Å². The highest BCUT2D eigenvalue weighted by molar-refractivity contribution is 6.35. The number of anilines is 1. The SMILES string of the molecule is O=C1C[C@H](c2ccc(Cl)cc2Cl)c2ccc3ccccc3c2N1. The second-order valence-corrected chi connectivity index (χ2v) is 6.57. The molecule has 0 radical (unpaired) electrons. The van der Waals surface area contributed by atoms with Crippen molar-refractivity contribution < 1.29 is 4.79 Å². The highest BCUT2D eigenvalue weighted by Crippen LogP contribution is 2.43. The van der Waals surface area contributed by atoms with E-state index in [9.17, 15) is 4.79 Å². The zero-order valence-electron chi connectivity index (χ0n) is 12.1. The Balaban J connectivity index is 1.95. The molecular weight excluding hydrogens is 329 g/mol. The van der Waals surface area contributed by atoms with Crippen LogP contribution in [0.15, 0.2) is 54.6 Å². The summed E-state index contributed by atoms with van der Waals surface area (Å²) in [6.45, 7) is 0. The van der Waals surface area contributed by atoms with Crippen LogP contribution in [0.4, 0.5) is 5.69 Å². The Morgan fingerprint density at radius 2 is 1.74 bits per heavy atom. The first-order valence-corrected chi connectivity index (χ1v) is 8.15. The summed E-state index contributed by atoms with van der Waals surface area (Å²) in [6.07, 6.45) is 0.382. The van der Waals surface area contributed by atoms with Crippen molar-refractivity contribution in [3.63, 3.8) is 0 Å². The molecule has 0 saturated heterocycles. The van der Waals surface area contributed by atoms with Crippen LogP contribution in [-0.4, -0.2) is 5.91 Å². The van der Waals surface area contributed by atoms with Gasteiger partial charge >= 0.3 is 0 Å². The largest absolute Gasteiger partial charge is 0.325 e. The Morgan fingerprint density at radius 1 is 0.957 bits per heavy atom. The monoisotopic (exact) mass is 341 g/mol. The Hall–Kier alpha value is -2.03. The number of hydrogen-bond donors (Lipinski definition) is 1. The molecule has 2 nitrogen and oxygen atoms in total. The lowest BCUT2D eigenvalue weighted by Crippen LogP contribution is -2.23. The van der Waals surface area contributed by atoms with Crippen LogP contribution in [0.25, 0.3) is 10.8 Å². The summed E-state index contributed by atoms with van der Waals surface area (Å²) >= 11 is 12.4. The van der Waals surface area contributed by atoms with Gasteiger partial charge in [0.15, 0.2) is 0 Å². The van der Waals surface area contributed by atoms with E-state index in [4.69, 9.17) is 23.2 Å². The molecule has 0 bridgehead atoms. The third kappa shape index (κ3) is 2.48. The van der Waals surface area contributed by atoms with E-state index in [0.29, 0.717) is 16.5 Å². The first kappa shape index (κ1) is 14.6. The van der Waals surface area contributed by atoms with Crippen molar-refractivity contribution in [1.82, 2.24) is 0 Å². The summed E-state index contributed by atoms with van der Waals surface area (Å²) in [6, 6.07) is 17.7. The zero-order chi connectivity index (χ0) is 16.0. The maximum Gasteiger partial charge on any atom is 0.225 e. The van der Waals surface area contributed by atoms with E-state index in [1.807, 2.05) is 36.4 Å². The van der Waals surface area contributed by atoms with Crippen molar-refractivity contribution in [2.75, 3.05) is 5.32 Å². The number of nitrogens with one attached hydrogen (secondary N) is 1. The van der Waals surface area contributed by atoms with Crippen molar-refractivity contribution in [3.05, 3.63) is 75.8 Å². The molecule has 0 spiro atoms. The van der Waals surface area contributed by atoms with Crippen LogP contribution in [0.1, 0.15) is 23.5 Å². The number of fused-ring (bicyclic) bond motifs is 3. The van der Waals surface area contributed by atoms with Gasteiger partial charge in [-0.05, 0) is 28.6 Å². The van der Waals surface area contributed by atoms with E-state index < -0.39 is 0 Å². The Bertz CT molecular complexity index is 936. The Kier molecular flexibility index (Phi) is 3.51. The topological polar surface area (TPSA) is 29.1 Å². The fourth-order valence-corrected chi connectivity index (χ4v) is 3.81. The van der Waals surface area contributed by atoms with Crippen molar-refractivity contribution in [2.45, 2.75) is 12.3 Å². The molecule has 1 amide bonds. The highest BCUT2D eigenvalue weighted by Gasteiger charge is 2.29. The highest BCUT2D eigenvalue weighted by atomic mass is 35.5. The smallest absolute Gasteiger partial charge is 0.225 e. The van der Waals surface area contributed by atoms with E-state index in [2.05, 4.69) is 17.4 Å². The fourth-order valence-electron chi connectivity index (χ4n) is 3.27. The van der Waals surface area contributed by atoms with Gasteiger partial charge in [-0.3, -0.25) is 4.79 Å². The predicted molar refractivity (Wildman–Crippen MR) is 95.5 cm³/mol. The van der Waals surface area contributed by atoms with Gasteiger partial charge in [0.25, 0.3) is 0 Å². The quantitative estimate of drug-likeness (QED) is 0.611. The first-order chi connectivity index (χ1) is 11.1. The molecule has 114 valence electrons. The zero-order valence-corrected chi connectivity index (χ0v) is 13.7. The predicted octanol–water partition coefficient (Wildman–Crippen LogP) is 5.62. The van der Waals surface area contributed by atoms with E-state index >= 15 is 0 Å². The van der Waals surface area contributed by atoms with Crippen LogP contribution in [0.2, 0.25) is 10.0 Å². The van der Waals surface area contributed by atoms with Crippen molar-refractivity contribution in [2.24, 2.45) is 0 Å². The molecule has 0 aliphatic carbocycles. The normalized spacial score (nSPS) is 17.0. The molecule has 0 saturated carbocycles. The average molecular weight is 342 g/mol. The van der Waals surface area contributed by atoms with Gasteiger partial charge in [-0.1, -0.05) is 65.7 Å². The number of hydrogen-bond acceptors (Lipinski definition) is 1. The fraction of sp³-hybridized carbons (Fsp3) is 0.105. The minimum absolute atomic E-state index is 0.00451. The van der Waals surface area contributed by atoms with Gasteiger partial charge in [0.1, 0.15) is 0 Å². The van der Waals surface area contributed by atoms with Crippen molar-refractivity contribution in [3.8, 4) is 0 Å². The number of benzene rings is 3. The lowest BCUT2D eigenvalue weighted by molar-refractivity contribution is -0.116. The van der Waals surface area contributed by atoms with Crippen LogP contribution in [-0.2, 0) is 4.79 Å². The summed E-state index contributed by atoms with van der Waals surface area (Å²) in [7, 11) is 0. The van der Waals surface area contributed by atoms with Crippen molar-refractivity contribution in [1.29, 1.82) is 0 Å². The van der Waals surface area contributed by atoms with E-state index in [1.54, 1.807) is 6.07 Å². The molecular formula is C19H13Cl2NO. The van der Waals surface area contributed by atoms with E-state index in [0.717, 1.165) is 27.6 Å². The Morgan fingerprint density at radius 3 is 2.57 bits per heavy atom. The average Bonchev–Trinajstić information content (AvgIpc) is 2.54. The molecule has 3 aromatic carbocycles. The van der Waals surface area contributed by atoms with Gasteiger partial charge in [-0.2, -0.15) is 0 Å². The molecule has 1 heterocycles. The third-order valence-electron chi connectivity index (χ3n) is 4.33. The molecule has 0 unspecified atom stereocenters. The summed E-state index contributed by atoms with van der Waals surface area (Å²) in [5.74, 6) is -0.0574. The third-order valence-corrected chi connectivity index (χ3v) is 4.89. The number of carbonyl (C=O) groups is 1. The molecule has 1 atom stereocenters. The standard InChI is InChI=1S/C19H13Cl2NO/c20-12-6-8-14(17(21)9-12)16-10-18(23)22-19-13-4-2-1-3-11(13)5-7-15(16)19/h1-9,16H,10H2,(H,22,23)/t16-/m1/s1. The van der Waals surface area contributed by atoms with Gasteiger partial charge in [0, 0.05) is 27.8 Å². The maximum atomic E-state index is 12.3. The number of halogens is 2. The lowest BCUT2D eigenvalue weighted by Gasteiger charge is -2.28. The molecule has 1 aliphatic rings. The minimum atomic E-state index is -0.0619. The molecule has 23 heavy (non-hydrogen) atoms. The van der Waals surface area contributed by atoms with Gasteiger partial charge in [-0.15, -0.1) is 0 Å². The molecule has 0 fully saturated rings.